The maximum Gasteiger partial charge on any atom is 0.0394 e. The lowest BCUT2D eigenvalue weighted by molar-refractivity contribution is 0.135. The van der Waals surface area contributed by atoms with Gasteiger partial charge in [-0.1, -0.05) is 161 Å². The normalized spacial score (nSPS) is 22.7. The second-order valence-electron chi connectivity index (χ2n) is 15.8. The van der Waals surface area contributed by atoms with Gasteiger partial charge in [-0.25, -0.2) is 0 Å². The van der Waals surface area contributed by atoms with Crippen LogP contribution in [0.2, 0.25) is 0 Å². The first-order valence-corrected chi connectivity index (χ1v) is 22.9. The SMILES string of the molecule is C=C=C(C=C)C(C)C(CC(C)/C=C\CCC)C1CCC2=C(C=CC(C(C)C)CC2)CC(C)(C/C(C)=C/CC(C)=CCCC)C1.CC.CC.COPC. The van der Waals surface area contributed by atoms with Crippen LogP contribution < -0.4 is 0 Å². The van der Waals surface area contributed by atoms with Crippen LogP contribution in [0.1, 0.15) is 173 Å². The molecule has 2 rings (SSSR count). The fourth-order valence-electron chi connectivity index (χ4n) is 8.12. The van der Waals surface area contributed by atoms with Crippen molar-refractivity contribution >= 4 is 8.81 Å². The fourth-order valence-corrected chi connectivity index (χ4v) is 8.12. The standard InChI is InChI=1S/C44H70.C2H7OP.2C2H6/c1-12-16-18-20-35(8)29-43(37(10)38(14-3)15-4)42-28-26-40-25-23-39(33(5)6)24-27-41(40)31-44(11,32-42)30-36(9)22-21-34(7)19-17-13-2;1-3-4-2;2*1-2/h14,18-20,22,24,27,33,35,37,39,42-43H,3-4,12-13,16-17,21,23,25-26,28-32H2,1-2,5-11H3;4H,1-2H3;2*1-2H3/b20-18-,34-19?,36-22+;;;. The summed E-state index contributed by atoms with van der Waals surface area (Å²) in [6.45, 7) is 39.8. The first kappa shape index (κ1) is 52.5. The topological polar surface area (TPSA) is 9.23 Å². The molecule has 52 heavy (non-hydrogen) atoms. The van der Waals surface area contributed by atoms with E-state index in [-0.39, 0.29) is 5.41 Å². The molecule has 0 saturated heterocycles. The summed E-state index contributed by atoms with van der Waals surface area (Å²) in [6, 6.07) is 0. The van der Waals surface area contributed by atoms with Gasteiger partial charge < -0.3 is 4.52 Å². The molecule has 0 heterocycles. The van der Waals surface area contributed by atoms with E-state index in [1.54, 1.807) is 23.8 Å². The highest BCUT2D eigenvalue weighted by molar-refractivity contribution is 7.31. The van der Waals surface area contributed by atoms with E-state index < -0.39 is 0 Å². The van der Waals surface area contributed by atoms with Gasteiger partial charge in [0.05, 0.1) is 0 Å². The molecule has 0 N–H and O–H groups in total. The minimum absolute atomic E-state index is 0.237. The summed E-state index contributed by atoms with van der Waals surface area (Å²) in [5.74, 6) is 3.65. The molecule has 0 bridgehead atoms. The highest BCUT2D eigenvalue weighted by Crippen LogP contribution is 2.49. The maximum atomic E-state index is 4.57. The van der Waals surface area contributed by atoms with Crippen molar-refractivity contribution in [3.63, 3.8) is 0 Å². The average molecular weight is 737 g/mol. The molecular formula is C50H89OP. The number of hydrogen-bond acceptors (Lipinski definition) is 1. The van der Waals surface area contributed by atoms with Gasteiger partial charge >= 0.3 is 0 Å². The largest absolute Gasteiger partial charge is 0.366 e. The predicted octanol–water partition coefficient (Wildman–Crippen LogP) is 17.0. The van der Waals surface area contributed by atoms with Gasteiger partial charge in [0, 0.05) is 15.9 Å². The Labute approximate surface area is 329 Å². The Morgan fingerprint density at radius 1 is 1.00 bits per heavy atom. The summed E-state index contributed by atoms with van der Waals surface area (Å²) in [4.78, 5) is 0. The lowest BCUT2D eigenvalue weighted by Crippen LogP contribution is -2.32. The van der Waals surface area contributed by atoms with E-state index in [0.717, 1.165) is 6.42 Å². The average Bonchev–Trinajstić information content (AvgIpc) is 3.33. The van der Waals surface area contributed by atoms with Crippen molar-refractivity contribution < 1.29 is 4.52 Å². The first-order valence-electron chi connectivity index (χ1n) is 21.5. The van der Waals surface area contributed by atoms with Crippen molar-refractivity contribution in [2.75, 3.05) is 13.8 Å². The fraction of sp³-hybridized carbons (Fsp3) is 0.700. The lowest BCUT2D eigenvalue weighted by atomic mass is 9.62. The molecule has 0 aliphatic heterocycles. The zero-order valence-electron chi connectivity index (χ0n) is 37.5. The van der Waals surface area contributed by atoms with E-state index in [9.17, 15) is 0 Å². The molecule has 7 atom stereocenters. The van der Waals surface area contributed by atoms with Gasteiger partial charge in [0.15, 0.2) is 0 Å². The van der Waals surface area contributed by atoms with E-state index in [0.29, 0.717) is 44.3 Å². The Morgan fingerprint density at radius 3 is 2.15 bits per heavy atom. The van der Waals surface area contributed by atoms with Gasteiger partial charge in [-0.15, -0.1) is 5.73 Å². The van der Waals surface area contributed by atoms with Gasteiger partial charge in [-0.2, -0.15) is 0 Å². The molecule has 2 aliphatic rings. The maximum absolute atomic E-state index is 4.57. The molecule has 2 aliphatic carbocycles. The minimum Gasteiger partial charge on any atom is -0.366 e. The molecule has 2 heteroatoms. The van der Waals surface area contributed by atoms with Crippen molar-refractivity contribution in [3.05, 3.63) is 89.3 Å². The van der Waals surface area contributed by atoms with Crippen molar-refractivity contribution in [1.82, 2.24) is 0 Å². The van der Waals surface area contributed by atoms with E-state index in [1.165, 1.54) is 88.2 Å². The second kappa shape index (κ2) is 31.7. The van der Waals surface area contributed by atoms with Gasteiger partial charge in [-0.05, 0) is 143 Å². The monoisotopic (exact) mass is 737 g/mol. The summed E-state index contributed by atoms with van der Waals surface area (Å²) in [7, 11) is 2.33. The van der Waals surface area contributed by atoms with Crippen LogP contribution in [0.4, 0.5) is 0 Å². The van der Waals surface area contributed by atoms with Gasteiger partial charge in [0.1, 0.15) is 0 Å². The van der Waals surface area contributed by atoms with Crippen molar-refractivity contribution in [2.24, 2.45) is 40.9 Å². The number of hydrogen-bond donors (Lipinski definition) is 0. The highest BCUT2D eigenvalue weighted by Gasteiger charge is 2.38. The molecule has 0 spiro atoms. The zero-order chi connectivity index (χ0) is 40.1. The molecule has 0 aromatic heterocycles. The molecule has 0 fully saturated rings. The van der Waals surface area contributed by atoms with E-state index >= 15 is 0 Å². The van der Waals surface area contributed by atoms with Gasteiger partial charge in [0.2, 0.25) is 0 Å². The van der Waals surface area contributed by atoms with Crippen LogP contribution in [0, 0.1) is 40.9 Å². The summed E-state index contributed by atoms with van der Waals surface area (Å²) in [6.07, 6.45) is 32.9. The van der Waals surface area contributed by atoms with Crippen molar-refractivity contribution in [3.8, 4) is 0 Å². The highest BCUT2D eigenvalue weighted by atomic mass is 31.1. The quantitative estimate of drug-likeness (QED) is 0.0625. The number of unbranched alkanes of at least 4 members (excludes halogenated alkanes) is 2. The van der Waals surface area contributed by atoms with E-state index in [1.807, 2.05) is 40.4 Å². The van der Waals surface area contributed by atoms with Gasteiger partial charge in [0.25, 0.3) is 0 Å². The number of allylic oxidation sites excluding steroid dienone is 12. The van der Waals surface area contributed by atoms with Crippen molar-refractivity contribution in [2.45, 2.75) is 173 Å². The smallest absolute Gasteiger partial charge is 0.0394 e. The predicted molar refractivity (Wildman–Crippen MR) is 243 cm³/mol. The minimum atomic E-state index is 0.237. The molecule has 0 amide bonds. The van der Waals surface area contributed by atoms with E-state index in [2.05, 4.69) is 122 Å². The Hall–Kier alpha value is -1.65. The van der Waals surface area contributed by atoms with Crippen LogP contribution in [-0.4, -0.2) is 13.8 Å². The summed E-state index contributed by atoms with van der Waals surface area (Å²) < 4.78 is 4.57. The Balaban J connectivity index is 0. The Morgan fingerprint density at radius 2 is 1.62 bits per heavy atom. The first-order chi connectivity index (χ1) is 24.9. The van der Waals surface area contributed by atoms with Gasteiger partial charge in [-0.3, -0.25) is 0 Å². The third kappa shape index (κ3) is 21.3. The molecular weight excluding hydrogens is 648 g/mol. The van der Waals surface area contributed by atoms with Crippen LogP contribution in [0.3, 0.4) is 0 Å². The molecule has 0 saturated carbocycles. The molecule has 0 aromatic carbocycles. The number of rotatable bonds is 17. The van der Waals surface area contributed by atoms with Crippen LogP contribution in [0.25, 0.3) is 0 Å². The van der Waals surface area contributed by atoms with Crippen LogP contribution in [-0.2, 0) is 4.52 Å². The lowest BCUT2D eigenvalue weighted by Gasteiger charge is -2.42. The second-order valence-corrected chi connectivity index (χ2v) is 16.6. The van der Waals surface area contributed by atoms with Crippen LogP contribution in [0.5, 0.6) is 0 Å². The van der Waals surface area contributed by atoms with Crippen LogP contribution in [0.15, 0.2) is 89.3 Å². The van der Waals surface area contributed by atoms with E-state index in [4.69, 9.17) is 0 Å². The van der Waals surface area contributed by atoms with Crippen molar-refractivity contribution in [1.29, 1.82) is 0 Å². The molecule has 0 aromatic rings. The van der Waals surface area contributed by atoms with Crippen LogP contribution >= 0.6 is 8.81 Å². The molecule has 7 unspecified atom stereocenters. The third-order valence-electron chi connectivity index (χ3n) is 11.0. The molecule has 1 nitrogen and oxygen atoms in total. The molecule has 300 valence electrons. The Bertz CT molecular complexity index is 1140. The third-order valence-corrected chi connectivity index (χ3v) is 11.4. The summed E-state index contributed by atoms with van der Waals surface area (Å²) in [5.41, 5.74) is 11.2. The Kier molecular flexibility index (Phi) is 32.0. The summed E-state index contributed by atoms with van der Waals surface area (Å²) in [5, 5.41) is 0. The summed E-state index contributed by atoms with van der Waals surface area (Å²) >= 11 is 0. The molecule has 0 radical (unpaired) electrons. The zero-order valence-corrected chi connectivity index (χ0v) is 38.5.